The first-order valence-corrected chi connectivity index (χ1v) is 10.3. The Balaban J connectivity index is 1.50. The molecule has 7 nitrogen and oxygen atoms in total. The molecule has 1 unspecified atom stereocenters. The normalized spacial score (nSPS) is 15.5. The van der Waals surface area contributed by atoms with Crippen molar-refractivity contribution in [3.05, 3.63) is 77.5 Å². The Kier molecular flexibility index (Phi) is 6.36. The molecule has 2 heterocycles. The van der Waals surface area contributed by atoms with Crippen molar-refractivity contribution in [3.8, 4) is 29.3 Å². The molecule has 0 spiro atoms. The van der Waals surface area contributed by atoms with Crippen LogP contribution in [-0.4, -0.2) is 28.9 Å². The summed E-state index contributed by atoms with van der Waals surface area (Å²) in [5.41, 5.74) is 6.51. The summed E-state index contributed by atoms with van der Waals surface area (Å²) >= 11 is 0. The van der Waals surface area contributed by atoms with Crippen LogP contribution < -0.4 is 15.2 Å². The zero-order valence-electron chi connectivity index (χ0n) is 17.5. The lowest BCUT2D eigenvalue weighted by Crippen LogP contribution is -2.30. The zero-order chi connectivity index (χ0) is 23.4. The molecule has 0 radical (unpaired) electrons. The first-order chi connectivity index (χ1) is 15.9. The fraction of sp³-hybridized carbons (Fsp3) is 0.208. The number of amides is 1. The zero-order valence-corrected chi connectivity index (χ0v) is 17.5. The number of rotatable bonds is 6. The molecule has 1 saturated heterocycles. The second-order valence-electron chi connectivity index (χ2n) is 7.62. The van der Waals surface area contributed by atoms with E-state index in [-0.39, 0.29) is 23.1 Å². The monoisotopic (exact) mass is 450 g/mol. The number of halogens is 2. The minimum atomic E-state index is -0.818. The number of aromatic nitrogens is 1. The molecule has 4 rings (SSSR count). The molecule has 0 saturated carbocycles. The van der Waals surface area contributed by atoms with Gasteiger partial charge in [-0.15, -0.1) is 0 Å². The number of hydrogen-bond acceptors (Lipinski definition) is 6. The van der Waals surface area contributed by atoms with Crippen LogP contribution in [0.1, 0.15) is 34.7 Å². The predicted molar refractivity (Wildman–Crippen MR) is 115 cm³/mol. The molecule has 1 amide bonds. The SMILES string of the molecule is N#CN1CCCC(c2cnc(Oc3ccc(Oc4ccc(F)cc4F)cc3)c(C(N)=O)c2)C1. The molecular weight excluding hydrogens is 430 g/mol. The molecule has 2 N–H and O–H groups in total. The van der Waals surface area contributed by atoms with E-state index in [0.29, 0.717) is 18.0 Å². The highest BCUT2D eigenvalue weighted by Gasteiger charge is 2.23. The quantitative estimate of drug-likeness (QED) is 0.546. The molecule has 3 aromatic rings. The average molecular weight is 450 g/mol. The fourth-order valence-electron chi connectivity index (χ4n) is 3.66. The van der Waals surface area contributed by atoms with Crippen molar-refractivity contribution in [2.45, 2.75) is 18.8 Å². The third kappa shape index (κ3) is 5.18. The molecule has 1 aliphatic rings. The number of pyridine rings is 1. The summed E-state index contributed by atoms with van der Waals surface area (Å²) < 4.78 is 38.0. The van der Waals surface area contributed by atoms with Crippen LogP contribution >= 0.6 is 0 Å². The van der Waals surface area contributed by atoms with Gasteiger partial charge < -0.3 is 20.1 Å². The van der Waals surface area contributed by atoms with Gasteiger partial charge in [0.15, 0.2) is 17.8 Å². The van der Waals surface area contributed by atoms with E-state index in [9.17, 15) is 13.6 Å². The van der Waals surface area contributed by atoms with Gasteiger partial charge in [0.05, 0.1) is 0 Å². The number of benzene rings is 2. The van der Waals surface area contributed by atoms with Crippen molar-refractivity contribution in [3.63, 3.8) is 0 Å². The lowest BCUT2D eigenvalue weighted by Gasteiger charge is -2.29. The maximum absolute atomic E-state index is 13.8. The van der Waals surface area contributed by atoms with Crippen LogP contribution in [0.15, 0.2) is 54.7 Å². The Labute approximate surface area is 189 Å². The molecule has 1 atom stereocenters. The Hall–Kier alpha value is -4.19. The van der Waals surface area contributed by atoms with Gasteiger partial charge in [0, 0.05) is 31.3 Å². The number of carbonyl (C=O) groups is 1. The number of hydrogen-bond donors (Lipinski definition) is 1. The predicted octanol–water partition coefficient (Wildman–Crippen LogP) is 4.70. The highest BCUT2D eigenvalue weighted by atomic mass is 19.1. The molecule has 2 aromatic carbocycles. The Morgan fingerprint density at radius 2 is 1.85 bits per heavy atom. The number of likely N-dealkylation sites (tertiary alicyclic amines) is 1. The number of carbonyl (C=O) groups excluding carboxylic acids is 1. The van der Waals surface area contributed by atoms with E-state index in [2.05, 4.69) is 11.2 Å². The average Bonchev–Trinajstić information content (AvgIpc) is 2.82. The Morgan fingerprint density at radius 1 is 1.12 bits per heavy atom. The van der Waals surface area contributed by atoms with Crippen LogP contribution in [0.5, 0.6) is 23.1 Å². The lowest BCUT2D eigenvalue weighted by atomic mass is 9.91. The second kappa shape index (κ2) is 9.53. The number of piperidine rings is 1. The molecule has 33 heavy (non-hydrogen) atoms. The summed E-state index contributed by atoms with van der Waals surface area (Å²) in [5.74, 6) is -1.52. The smallest absolute Gasteiger partial charge is 0.254 e. The first kappa shape index (κ1) is 22.0. The minimum Gasteiger partial charge on any atom is -0.454 e. The number of nitriles is 1. The summed E-state index contributed by atoms with van der Waals surface area (Å²) in [7, 11) is 0. The minimum absolute atomic E-state index is 0.0532. The number of nitrogens with two attached hydrogens (primary N) is 1. The van der Waals surface area contributed by atoms with Crippen LogP contribution in [-0.2, 0) is 0 Å². The molecule has 1 fully saturated rings. The van der Waals surface area contributed by atoms with Gasteiger partial charge in [0.2, 0.25) is 5.88 Å². The van der Waals surface area contributed by atoms with Crippen LogP contribution in [0, 0.1) is 23.1 Å². The van der Waals surface area contributed by atoms with Gasteiger partial charge in [-0.1, -0.05) is 0 Å². The van der Waals surface area contributed by atoms with E-state index < -0.39 is 17.5 Å². The van der Waals surface area contributed by atoms with Crippen molar-refractivity contribution in [2.75, 3.05) is 13.1 Å². The highest BCUT2D eigenvalue weighted by Crippen LogP contribution is 2.32. The van der Waals surface area contributed by atoms with Gasteiger partial charge in [0.1, 0.15) is 22.9 Å². The highest BCUT2D eigenvalue weighted by molar-refractivity contribution is 5.95. The van der Waals surface area contributed by atoms with E-state index in [1.807, 2.05) is 0 Å². The summed E-state index contributed by atoms with van der Waals surface area (Å²) in [4.78, 5) is 18.0. The van der Waals surface area contributed by atoms with Crippen molar-refractivity contribution in [1.82, 2.24) is 9.88 Å². The number of primary amides is 1. The van der Waals surface area contributed by atoms with Crippen LogP contribution in [0.4, 0.5) is 8.78 Å². The summed E-state index contributed by atoms with van der Waals surface area (Å²) in [6.07, 6.45) is 5.54. The Morgan fingerprint density at radius 3 is 2.52 bits per heavy atom. The van der Waals surface area contributed by atoms with Crippen LogP contribution in [0.2, 0.25) is 0 Å². The summed E-state index contributed by atoms with van der Waals surface area (Å²) in [6.45, 7) is 1.28. The van der Waals surface area contributed by atoms with Gasteiger partial charge in [-0.2, -0.15) is 5.26 Å². The molecule has 1 aromatic heterocycles. The molecular formula is C24H20F2N4O3. The van der Waals surface area contributed by atoms with Gasteiger partial charge in [-0.05, 0) is 60.9 Å². The molecule has 168 valence electrons. The third-order valence-electron chi connectivity index (χ3n) is 5.33. The summed E-state index contributed by atoms with van der Waals surface area (Å²) in [5, 5.41) is 9.16. The largest absolute Gasteiger partial charge is 0.454 e. The van der Waals surface area contributed by atoms with E-state index >= 15 is 0 Å². The molecule has 9 heteroatoms. The van der Waals surface area contributed by atoms with Crippen molar-refractivity contribution in [1.29, 1.82) is 5.26 Å². The number of nitrogens with zero attached hydrogens (tertiary/aromatic N) is 3. The topological polar surface area (TPSA) is 101 Å². The Bertz CT molecular complexity index is 1210. The molecule has 0 bridgehead atoms. The second-order valence-corrected chi connectivity index (χ2v) is 7.62. The van der Waals surface area contributed by atoms with Crippen LogP contribution in [0.3, 0.4) is 0 Å². The van der Waals surface area contributed by atoms with E-state index in [1.54, 1.807) is 29.3 Å². The van der Waals surface area contributed by atoms with Gasteiger partial charge in [-0.3, -0.25) is 4.79 Å². The van der Waals surface area contributed by atoms with Crippen molar-refractivity contribution in [2.24, 2.45) is 5.73 Å². The van der Waals surface area contributed by atoms with Gasteiger partial charge in [0.25, 0.3) is 5.91 Å². The van der Waals surface area contributed by atoms with E-state index in [0.717, 1.165) is 37.1 Å². The third-order valence-corrected chi connectivity index (χ3v) is 5.33. The maximum atomic E-state index is 13.8. The maximum Gasteiger partial charge on any atom is 0.254 e. The fourth-order valence-corrected chi connectivity index (χ4v) is 3.66. The molecule has 1 aliphatic heterocycles. The standard InChI is InChI=1S/C24H20F2N4O3/c25-17-3-8-22(21(26)11-17)32-18-4-6-19(7-5-18)33-24-20(23(28)31)10-16(12-29-24)15-2-1-9-30(13-15)14-27/h3-8,10-12,15H,1-2,9,13H2,(H2,28,31). The van der Waals surface area contributed by atoms with Crippen molar-refractivity contribution >= 4 is 5.91 Å². The first-order valence-electron chi connectivity index (χ1n) is 10.3. The van der Waals surface area contributed by atoms with E-state index in [4.69, 9.17) is 20.5 Å². The molecule has 0 aliphatic carbocycles. The summed E-state index contributed by atoms with van der Waals surface area (Å²) in [6, 6.07) is 10.9. The van der Waals surface area contributed by atoms with Crippen molar-refractivity contribution < 1.29 is 23.0 Å². The van der Waals surface area contributed by atoms with Gasteiger partial charge in [-0.25, -0.2) is 13.8 Å². The van der Waals surface area contributed by atoms with Crippen LogP contribution in [0.25, 0.3) is 0 Å². The van der Waals surface area contributed by atoms with Gasteiger partial charge >= 0.3 is 0 Å². The van der Waals surface area contributed by atoms with E-state index in [1.165, 1.54) is 18.2 Å². The lowest BCUT2D eigenvalue weighted by molar-refractivity contribution is 0.0997. The number of ether oxygens (including phenoxy) is 2.